The van der Waals surface area contributed by atoms with Crippen LogP contribution in [0.25, 0.3) is 0 Å². The number of fused-ring (bicyclic) bond motifs is 1. The van der Waals surface area contributed by atoms with E-state index >= 15 is 0 Å². The summed E-state index contributed by atoms with van der Waals surface area (Å²) in [4.78, 5) is 0.258. The minimum Gasteiger partial charge on any atom is -0.497 e. The Morgan fingerprint density at radius 2 is 1.84 bits per heavy atom. The van der Waals surface area contributed by atoms with Crippen LogP contribution < -0.4 is 4.74 Å². The van der Waals surface area contributed by atoms with Crippen LogP contribution in [-0.2, 0) is 19.3 Å². The largest absolute Gasteiger partial charge is 0.497 e. The molecule has 37 heavy (non-hydrogen) atoms. The fourth-order valence-electron chi connectivity index (χ4n) is 7.38. The van der Waals surface area contributed by atoms with Crippen LogP contribution in [0.5, 0.6) is 5.75 Å². The van der Waals surface area contributed by atoms with Gasteiger partial charge in [0, 0.05) is 12.3 Å². The minimum atomic E-state index is -3.80. The molecule has 8 heteroatoms. The Morgan fingerprint density at radius 3 is 2.49 bits per heavy atom. The van der Waals surface area contributed by atoms with Gasteiger partial charge in [0.2, 0.25) is 0 Å². The molecule has 2 aliphatic carbocycles. The quantitative estimate of drug-likeness (QED) is 0.557. The molecule has 2 unspecified atom stereocenters. The molecule has 3 fully saturated rings. The molecule has 2 aromatic carbocycles. The van der Waals surface area contributed by atoms with Gasteiger partial charge in [0.25, 0.3) is 0 Å². The topological polar surface area (TPSA) is 102 Å². The van der Waals surface area contributed by atoms with Crippen molar-refractivity contribution in [2.24, 2.45) is 23.2 Å². The summed E-state index contributed by atoms with van der Waals surface area (Å²) in [5, 5.41) is 20.9. The van der Waals surface area contributed by atoms with Gasteiger partial charge in [-0.1, -0.05) is 31.2 Å². The van der Waals surface area contributed by atoms with E-state index in [0.29, 0.717) is 37.4 Å². The summed E-state index contributed by atoms with van der Waals surface area (Å²) >= 11 is 0. The van der Waals surface area contributed by atoms with E-state index < -0.39 is 27.0 Å². The molecule has 5 rings (SSSR count). The molecule has 1 aliphatic heterocycles. The zero-order valence-corrected chi connectivity index (χ0v) is 22.6. The lowest BCUT2D eigenvalue weighted by Crippen LogP contribution is -2.47. The number of sulfone groups is 1. The number of ether oxygens (including phenoxy) is 3. The Balaban J connectivity index is 1.59. The number of methoxy groups -OCH3 is 1. The van der Waals surface area contributed by atoms with Crippen molar-refractivity contribution in [3.63, 3.8) is 0 Å². The predicted molar refractivity (Wildman–Crippen MR) is 139 cm³/mol. The highest BCUT2D eigenvalue weighted by atomic mass is 32.2. The van der Waals surface area contributed by atoms with E-state index in [-0.39, 0.29) is 41.1 Å². The average molecular weight is 531 g/mol. The fraction of sp³-hybridized carbons (Fsp3) is 0.586. The molecule has 3 aliphatic rings. The third-order valence-corrected chi connectivity index (χ3v) is 11.5. The Hall–Kier alpha value is -1.97. The fourth-order valence-corrected chi connectivity index (χ4v) is 9.31. The third kappa shape index (κ3) is 4.40. The average Bonchev–Trinajstić information content (AvgIpc) is 3.46. The molecule has 1 heterocycles. The van der Waals surface area contributed by atoms with Crippen LogP contribution in [-0.4, -0.2) is 57.5 Å². The number of aliphatic hydroxyl groups excluding tert-OH is 2. The smallest absolute Gasteiger partial charge is 0.185 e. The van der Waals surface area contributed by atoms with Gasteiger partial charge in [0.15, 0.2) is 15.6 Å². The summed E-state index contributed by atoms with van der Waals surface area (Å²) in [5.74, 6) is -0.892. The molecule has 202 valence electrons. The SMILES string of the molecule is COc1ccc(C)c(C(C[C@@H]2[C@@H](O)CC[C@]3(C)C(CO)C4(C[C@@H]23)OCCO4)S(=O)(=O)c2ccccc2)c1. The normalized spacial score (nSPS) is 31.8. The highest BCUT2D eigenvalue weighted by Gasteiger charge is 2.66. The van der Waals surface area contributed by atoms with E-state index in [1.165, 1.54) is 0 Å². The van der Waals surface area contributed by atoms with Gasteiger partial charge in [-0.15, -0.1) is 0 Å². The van der Waals surface area contributed by atoms with Crippen LogP contribution in [0.4, 0.5) is 0 Å². The van der Waals surface area contributed by atoms with E-state index in [1.54, 1.807) is 37.4 Å². The van der Waals surface area contributed by atoms with Crippen LogP contribution in [0.2, 0.25) is 0 Å². The van der Waals surface area contributed by atoms with Crippen molar-refractivity contribution < 1.29 is 32.8 Å². The van der Waals surface area contributed by atoms with Crippen molar-refractivity contribution in [2.45, 2.75) is 61.6 Å². The van der Waals surface area contributed by atoms with Crippen LogP contribution in [0.1, 0.15) is 49.0 Å². The molecule has 0 radical (unpaired) electrons. The number of hydrogen-bond donors (Lipinski definition) is 2. The summed E-state index contributed by atoms with van der Waals surface area (Å²) < 4.78 is 46.1. The molecule has 2 N–H and O–H groups in total. The number of benzene rings is 2. The maximum atomic E-state index is 14.2. The molecule has 6 atom stereocenters. The summed E-state index contributed by atoms with van der Waals surface area (Å²) in [6.45, 7) is 4.93. The lowest BCUT2D eigenvalue weighted by Gasteiger charge is -2.47. The number of aryl methyl sites for hydroxylation is 1. The third-order valence-electron chi connectivity index (χ3n) is 9.39. The zero-order chi connectivity index (χ0) is 26.4. The first-order valence-electron chi connectivity index (χ1n) is 13.2. The number of aliphatic hydroxyl groups is 2. The van der Waals surface area contributed by atoms with Gasteiger partial charge in [-0.3, -0.25) is 0 Å². The van der Waals surface area contributed by atoms with Crippen LogP contribution >= 0.6 is 0 Å². The van der Waals surface area contributed by atoms with Crippen molar-refractivity contribution in [1.29, 1.82) is 0 Å². The van der Waals surface area contributed by atoms with Crippen molar-refractivity contribution in [3.05, 3.63) is 59.7 Å². The number of rotatable bonds is 7. The van der Waals surface area contributed by atoms with Crippen molar-refractivity contribution in [3.8, 4) is 5.75 Å². The molecular formula is C29H38O7S. The van der Waals surface area contributed by atoms with Gasteiger partial charge in [-0.05, 0) is 78.8 Å². The van der Waals surface area contributed by atoms with Crippen molar-refractivity contribution >= 4 is 9.84 Å². The van der Waals surface area contributed by atoms with Crippen molar-refractivity contribution in [1.82, 2.24) is 0 Å². The van der Waals surface area contributed by atoms with Gasteiger partial charge in [0.05, 0.1) is 43.2 Å². The Labute approximate surface area is 219 Å². The molecule has 1 saturated heterocycles. The lowest BCUT2D eigenvalue weighted by atomic mass is 9.59. The number of hydrogen-bond acceptors (Lipinski definition) is 7. The van der Waals surface area contributed by atoms with Crippen LogP contribution in [0.15, 0.2) is 53.4 Å². The Bertz CT molecular complexity index is 1210. The molecular weight excluding hydrogens is 492 g/mol. The highest BCUT2D eigenvalue weighted by molar-refractivity contribution is 7.91. The molecule has 0 amide bonds. The predicted octanol–water partition coefficient (Wildman–Crippen LogP) is 4.06. The van der Waals surface area contributed by atoms with E-state index in [9.17, 15) is 18.6 Å². The van der Waals surface area contributed by atoms with Crippen LogP contribution in [0, 0.1) is 30.1 Å². The van der Waals surface area contributed by atoms with Gasteiger partial charge in [-0.2, -0.15) is 0 Å². The summed E-state index contributed by atoms with van der Waals surface area (Å²) in [6.07, 6.45) is 1.39. The second-order valence-corrected chi connectivity index (χ2v) is 13.3. The molecule has 0 aromatic heterocycles. The minimum absolute atomic E-state index is 0.0640. The second-order valence-electron chi connectivity index (χ2n) is 11.1. The molecule has 2 saturated carbocycles. The maximum Gasteiger partial charge on any atom is 0.185 e. The van der Waals surface area contributed by atoms with E-state index in [2.05, 4.69) is 6.92 Å². The molecule has 7 nitrogen and oxygen atoms in total. The van der Waals surface area contributed by atoms with Gasteiger partial charge in [0.1, 0.15) is 5.75 Å². The lowest BCUT2D eigenvalue weighted by molar-refractivity contribution is -0.202. The first-order chi connectivity index (χ1) is 17.7. The summed E-state index contributed by atoms with van der Waals surface area (Å²) in [5.41, 5.74) is 1.20. The summed E-state index contributed by atoms with van der Waals surface area (Å²) in [6, 6.07) is 14.1. The van der Waals surface area contributed by atoms with Gasteiger partial charge >= 0.3 is 0 Å². The van der Waals surface area contributed by atoms with E-state index in [1.807, 2.05) is 25.1 Å². The van der Waals surface area contributed by atoms with Gasteiger partial charge < -0.3 is 24.4 Å². The van der Waals surface area contributed by atoms with Gasteiger partial charge in [-0.25, -0.2) is 8.42 Å². The summed E-state index contributed by atoms with van der Waals surface area (Å²) in [7, 11) is -2.23. The van der Waals surface area contributed by atoms with Crippen LogP contribution in [0.3, 0.4) is 0 Å². The molecule has 2 aromatic rings. The Kier molecular flexibility index (Phi) is 7.17. The first-order valence-corrected chi connectivity index (χ1v) is 14.7. The molecule has 1 spiro atoms. The highest BCUT2D eigenvalue weighted by Crippen LogP contribution is 2.64. The first kappa shape index (κ1) is 26.6. The van der Waals surface area contributed by atoms with Crippen molar-refractivity contribution in [2.75, 3.05) is 26.9 Å². The van der Waals surface area contributed by atoms with E-state index in [0.717, 1.165) is 12.0 Å². The Morgan fingerprint density at radius 1 is 1.14 bits per heavy atom. The zero-order valence-electron chi connectivity index (χ0n) is 21.8. The monoisotopic (exact) mass is 530 g/mol. The second kappa shape index (κ2) is 9.97. The molecule has 0 bridgehead atoms. The maximum absolute atomic E-state index is 14.2. The standard InChI is InChI=1S/C29H38O7S/c1-19-9-10-20(34-3)15-22(19)26(37(32,33)21-7-5-4-6-8-21)16-23-24-17-29(35-13-14-36-29)27(18-30)28(24,2)12-11-25(23)31/h4-10,15,23-27,30-31H,11-14,16-18H2,1-3H3/t23-,24-,25-,26?,27?,28-/m0/s1. The van der Waals surface area contributed by atoms with E-state index in [4.69, 9.17) is 14.2 Å².